The van der Waals surface area contributed by atoms with E-state index in [9.17, 15) is 4.79 Å². The maximum Gasteiger partial charge on any atom is 0.233 e. The largest absolute Gasteiger partial charge is 0.480 e. The quantitative estimate of drug-likeness (QED) is 0.692. The van der Waals surface area contributed by atoms with Crippen molar-refractivity contribution < 1.29 is 14.3 Å². The molecule has 3 heterocycles. The molecule has 2 aromatic heterocycles. The van der Waals surface area contributed by atoms with E-state index in [2.05, 4.69) is 26.9 Å². The molecule has 4 rings (SSSR count). The summed E-state index contributed by atoms with van der Waals surface area (Å²) < 4.78 is 12.9. The normalized spacial score (nSPS) is 16.7. The molecule has 0 bridgehead atoms. The smallest absolute Gasteiger partial charge is 0.233 e. The number of fused-ring (bicyclic) bond motifs is 1. The molecule has 27 heavy (non-hydrogen) atoms. The van der Waals surface area contributed by atoms with Crippen molar-refractivity contribution in [1.29, 1.82) is 0 Å². The molecule has 1 aliphatic rings. The second-order valence-electron chi connectivity index (χ2n) is 6.74. The molecule has 0 radical (unpaired) electrons. The van der Waals surface area contributed by atoms with Crippen molar-refractivity contribution in [3.63, 3.8) is 0 Å². The summed E-state index contributed by atoms with van der Waals surface area (Å²) in [6, 6.07) is 11.6. The van der Waals surface area contributed by atoms with Crippen LogP contribution in [0.1, 0.15) is 12.0 Å². The Morgan fingerprint density at radius 2 is 1.96 bits per heavy atom. The summed E-state index contributed by atoms with van der Waals surface area (Å²) in [5.74, 6) is 1.02. The van der Waals surface area contributed by atoms with E-state index < -0.39 is 0 Å². The fraction of sp³-hybridized carbons (Fsp3) is 0.350. The molecule has 1 amide bonds. The molecule has 1 atom stereocenters. The van der Waals surface area contributed by atoms with Gasteiger partial charge in [0.1, 0.15) is 6.10 Å². The number of likely N-dealkylation sites (tertiary alicyclic amines) is 1. The van der Waals surface area contributed by atoms with Crippen molar-refractivity contribution in [2.45, 2.75) is 18.9 Å². The van der Waals surface area contributed by atoms with E-state index in [-0.39, 0.29) is 12.0 Å². The number of para-hydroxylation sites is 1. The Labute approximate surface area is 157 Å². The maximum atomic E-state index is 12.8. The molecule has 3 aromatic rings. The first-order chi connectivity index (χ1) is 13.1. The molecule has 0 aliphatic carbocycles. The third kappa shape index (κ3) is 3.58. The lowest BCUT2D eigenvalue weighted by molar-refractivity contribution is -0.129. The molecule has 1 unspecified atom stereocenters. The first-order valence-electron chi connectivity index (χ1n) is 8.99. The highest BCUT2D eigenvalue weighted by molar-refractivity contribution is 5.89. The summed E-state index contributed by atoms with van der Waals surface area (Å²) in [5, 5.41) is 9.02. The van der Waals surface area contributed by atoms with Crippen LogP contribution < -0.4 is 9.47 Å². The summed E-state index contributed by atoms with van der Waals surface area (Å²) >= 11 is 0. The number of carbonyl (C=O) groups excluding carboxylic acids is 1. The average molecular weight is 366 g/mol. The summed E-state index contributed by atoms with van der Waals surface area (Å²) in [4.78, 5) is 14.6. The van der Waals surface area contributed by atoms with E-state index in [1.165, 1.54) is 0 Å². The van der Waals surface area contributed by atoms with Crippen molar-refractivity contribution in [3.8, 4) is 11.8 Å². The highest BCUT2D eigenvalue weighted by Gasteiger charge is 2.28. The predicted molar refractivity (Wildman–Crippen MR) is 101 cm³/mol. The van der Waals surface area contributed by atoms with Gasteiger partial charge in [0.15, 0.2) is 0 Å². The van der Waals surface area contributed by atoms with Crippen LogP contribution >= 0.6 is 0 Å². The highest BCUT2D eigenvalue weighted by Crippen LogP contribution is 2.23. The highest BCUT2D eigenvalue weighted by atomic mass is 16.5. The Bertz CT molecular complexity index is 952. The van der Waals surface area contributed by atoms with Gasteiger partial charge in [-0.2, -0.15) is 0 Å². The van der Waals surface area contributed by atoms with Crippen LogP contribution in [0.15, 0.2) is 42.6 Å². The molecule has 0 saturated carbocycles. The standard InChI is InChI=1S/C20H22N4O3/c1-23-12-14(16-5-3-4-6-17(16)23)11-20(25)24-10-9-15(13-24)27-19-8-7-18(26-2)21-22-19/h3-8,12,15H,9-11,13H2,1-2H3. The van der Waals surface area contributed by atoms with Gasteiger partial charge in [-0.15, -0.1) is 10.2 Å². The molecule has 7 heteroatoms. The number of rotatable bonds is 5. The monoisotopic (exact) mass is 366 g/mol. The summed E-state index contributed by atoms with van der Waals surface area (Å²) in [6.45, 7) is 1.26. The molecule has 1 saturated heterocycles. The zero-order valence-corrected chi connectivity index (χ0v) is 15.5. The number of amides is 1. The maximum absolute atomic E-state index is 12.8. The molecular weight excluding hydrogens is 344 g/mol. The number of aromatic nitrogens is 3. The van der Waals surface area contributed by atoms with Crippen LogP contribution in [0.5, 0.6) is 11.8 Å². The molecule has 1 aromatic carbocycles. The Morgan fingerprint density at radius 1 is 1.19 bits per heavy atom. The zero-order chi connectivity index (χ0) is 18.8. The Kier molecular flexibility index (Phi) is 4.66. The first-order valence-corrected chi connectivity index (χ1v) is 8.99. The van der Waals surface area contributed by atoms with Gasteiger partial charge in [-0.3, -0.25) is 4.79 Å². The van der Waals surface area contributed by atoms with Crippen LogP contribution in [-0.4, -0.2) is 51.9 Å². The number of hydrogen-bond acceptors (Lipinski definition) is 5. The molecule has 7 nitrogen and oxygen atoms in total. The third-order valence-electron chi connectivity index (χ3n) is 4.93. The number of aryl methyl sites for hydroxylation is 1. The van der Waals surface area contributed by atoms with Gasteiger partial charge >= 0.3 is 0 Å². The van der Waals surface area contributed by atoms with Crippen LogP contribution in [0.3, 0.4) is 0 Å². The summed E-state index contributed by atoms with van der Waals surface area (Å²) in [6.07, 6.45) is 3.16. The summed E-state index contributed by atoms with van der Waals surface area (Å²) in [5.41, 5.74) is 2.20. The molecule has 1 aliphatic heterocycles. The van der Waals surface area contributed by atoms with Gasteiger partial charge in [0.2, 0.25) is 17.7 Å². The molecule has 0 spiro atoms. The predicted octanol–water partition coefficient (Wildman–Crippen LogP) is 2.20. The van der Waals surface area contributed by atoms with Crippen LogP contribution in [-0.2, 0) is 18.3 Å². The number of methoxy groups -OCH3 is 1. The van der Waals surface area contributed by atoms with Crippen LogP contribution in [0.25, 0.3) is 10.9 Å². The van der Waals surface area contributed by atoms with Gasteiger partial charge in [0.25, 0.3) is 0 Å². The van der Waals surface area contributed by atoms with Gasteiger partial charge in [0.05, 0.1) is 20.1 Å². The molecule has 140 valence electrons. The van der Waals surface area contributed by atoms with Crippen LogP contribution in [0.4, 0.5) is 0 Å². The first kappa shape index (κ1) is 17.3. The number of ether oxygens (including phenoxy) is 2. The van der Waals surface area contributed by atoms with Gasteiger partial charge in [-0.25, -0.2) is 0 Å². The molecular formula is C20H22N4O3. The van der Waals surface area contributed by atoms with Crippen molar-refractivity contribution in [2.75, 3.05) is 20.2 Å². The van der Waals surface area contributed by atoms with E-state index in [1.807, 2.05) is 30.3 Å². The van der Waals surface area contributed by atoms with Crippen molar-refractivity contribution in [1.82, 2.24) is 19.7 Å². The van der Waals surface area contributed by atoms with Crippen molar-refractivity contribution in [2.24, 2.45) is 7.05 Å². The molecule has 1 fully saturated rings. The molecule has 0 N–H and O–H groups in total. The Hall–Kier alpha value is -3.09. The lowest BCUT2D eigenvalue weighted by Gasteiger charge is -2.16. The van der Waals surface area contributed by atoms with Gasteiger partial charge in [-0.05, 0) is 11.6 Å². The van der Waals surface area contributed by atoms with E-state index in [4.69, 9.17) is 9.47 Å². The second-order valence-corrected chi connectivity index (χ2v) is 6.74. The average Bonchev–Trinajstić information content (AvgIpc) is 3.28. The second kappa shape index (κ2) is 7.26. The third-order valence-corrected chi connectivity index (χ3v) is 4.93. The van der Waals surface area contributed by atoms with Gasteiger partial charge in [0, 0.05) is 49.2 Å². The number of hydrogen-bond donors (Lipinski definition) is 0. The zero-order valence-electron chi connectivity index (χ0n) is 15.5. The number of nitrogens with zero attached hydrogens (tertiary/aromatic N) is 4. The van der Waals surface area contributed by atoms with Crippen molar-refractivity contribution in [3.05, 3.63) is 48.2 Å². The van der Waals surface area contributed by atoms with Crippen LogP contribution in [0, 0.1) is 0 Å². The Morgan fingerprint density at radius 3 is 2.74 bits per heavy atom. The van der Waals surface area contributed by atoms with E-state index in [0.29, 0.717) is 31.3 Å². The lowest BCUT2D eigenvalue weighted by atomic mass is 10.1. The Balaban J connectivity index is 1.38. The minimum atomic E-state index is -0.0656. The summed E-state index contributed by atoms with van der Waals surface area (Å²) in [7, 11) is 3.55. The van der Waals surface area contributed by atoms with Crippen LogP contribution in [0.2, 0.25) is 0 Å². The topological polar surface area (TPSA) is 69.5 Å². The van der Waals surface area contributed by atoms with Gasteiger partial charge in [-0.1, -0.05) is 18.2 Å². The van der Waals surface area contributed by atoms with E-state index in [1.54, 1.807) is 19.2 Å². The minimum absolute atomic E-state index is 0.0656. The van der Waals surface area contributed by atoms with Gasteiger partial charge < -0.3 is 18.9 Å². The van der Waals surface area contributed by atoms with E-state index in [0.717, 1.165) is 22.9 Å². The number of carbonyl (C=O) groups is 1. The fourth-order valence-electron chi connectivity index (χ4n) is 3.54. The number of benzene rings is 1. The fourth-order valence-corrected chi connectivity index (χ4v) is 3.54. The lowest BCUT2D eigenvalue weighted by Crippen LogP contribution is -2.32. The minimum Gasteiger partial charge on any atom is -0.480 e. The van der Waals surface area contributed by atoms with E-state index >= 15 is 0 Å². The van der Waals surface area contributed by atoms with Crippen molar-refractivity contribution >= 4 is 16.8 Å². The SMILES string of the molecule is COc1ccc(OC2CCN(C(=O)Cc3cn(C)c4ccccc34)C2)nn1.